The number of rotatable bonds is 3. The van der Waals surface area contributed by atoms with Crippen LogP contribution in [-0.2, 0) is 4.79 Å². The van der Waals surface area contributed by atoms with Crippen molar-refractivity contribution in [1.82, 2.24) is 24.8 Å². The lowest BCUT2D eigenvalue weighted by Crippen LogP contribution is -2.41. The summed E-state index contributed by atoms with van der Waals surface area (Å²) in [4.78, 5) is 18.7. The molecule has 0 aliphatic carbocycles. The van der Waals surface area contributed by atoms with Gasteiger partial charge in [-0.1, -0.05) is 0 Å². The van der Waals surface area contributed by atoms with Gasteiger partial charge in [0.25, 0.3) is 0 Å². The van der Waals surface area contributed by atoms with Crippen molar-refractivity contribution in [3.8, 4) is 0 Å². The number of thiazole rings is 1. The van der Waals surface area contributed by atoms with Crippen molar-refractivity contribution in [3.63, 3.8) is 0 Å². The van der Waals surface area contributed by atoms with Gasteiger partial charge >= 0.3 is 0 Å². The highest BCUT2D eigenvalue weighted by Gasteiger charge is 2.27. The molecule has 124 valence electrons. The van der Waals surface area contributed by atoms with Gasteiger partial charge < -0.3 is 10.2 Å². The van der Waals surface area contributed by atoms with E-state index in [1.165, 1.54) is 11.3 Å². The molecule has 9 heteroatoms. The minimum atomic E-state index is -0.0674. The van der Waals surface area contributed by atoms with Gasteiger partial charge in [-0.15, -0.1) is 26.6 Å². The zero-order chi connectivity index (χ0) is 16.5. The maximum Gasteiger partial charge on any atom is 0.231 e. The minimum Gasteiger partial charge on any atom is -0.354 e. The van der Waals surface area contributed by atoms with Crippen molar-refractivity contribution in [2.24, 2.45) is 5.92 Å². The molecule has 1 aliphatic rings. The number of aromatic nitrogens is 5. The zero-order valence-electron chi connectivity index (χ0n) is 13.2. The molecular formula is C15H17N7OS. The molecule has 3 aromatic heterocycles. The molecule has 0 spiro atoms. The fourth-order valence-electron chi connectivity index (χ4n) is 2.95. The molecule has 1 atom stereocenters. The van der Waals surface area contributed by atoms with Crippen LogP contribution in [0.25, 0.3) is 5.65 Å². The van der Waals surface area contributed by atoms with E-state index in [4.69, 9.17) is 0 Å². The van der Waals surface area contributed by atoms with Gasteiger partial charge in [0.1, 0.15) is 5.82 Å². The van der Waals surface area contributed by atoms with Crippen molar-refractivity contribution in [3.05, 3.63) is 29.5 Å². The Bertz CT molecular complexity index is 860. The lowest BCUT2D eigenvalue weighted by molar-refractivity contribution is -0.120. The Balaban J connectivity index is 1.51. The standard InChI is InChI=1S/C15H17N7OS/c1-10-18-19-12-4-5-13(20-22(10)12)21-7-2-3-11(9-21)14(23)17-15-16-6-8-24-15/h4-6,8,11H,2-3,7,9H2,1H3,(H,16,17,23)/t11-/m0/s1. The summed E-state index contributed by atoms with van der Waals surface area (Å²) in [5, 5.41) is 18.1. The summed E-state index contributed by atoms with van der Waals surface area (Å²) in [5.74, 6) is 1.55. The number of fused-ring (bicyclic) bond motifs is 1. The van der Waals surface area contributed by atoms with Gasteiger partial charge in [0.15, 0.2) is 16.6 Å². The summed E-state index contributed by atoms with van der Waals surface area (Å²) in [6.07, 6.45) is 3.52. The number of hydrogen-bond acceptors (Lipinski definition) is 7. The maximum absolute atomic E-state index is 12.5. The Labute approximate surface area is 142 Å². The summed E-state index contributed by atoms with van der Waals surface area (Å²) in [6.45, 7) is 3.41. The summed E-state index contributed by atoms with van der Waals surface area (Å²) < 4.78 is 1.73. The number of carbonyl (C=O) groups is 1. The van der Waals surface area contributed by atoms with Crippen molar-refractivity contribution in [1.29, 1.82) is 0 Å². The van der Waals surface area contributed by atoms with Gasteiger partial charge in [0.05, 0.1) is 5.92 Å². The summed E-state index contributed by atoms with van der Waals surface area (Å²) in [6, 6.07) is 3.84. The van der Waals surface area contributed by atoms with Crippen molar-refractivity contribution >= 4 is 33.8 Å². The average molecular weight is 343 g/mol. The van der Waals surface area contributed by atoms with Crippen LogP contribution in [0, 0.1) is 12.8 Å². The van der Waals surface area contributed by atoms with Gasteiger partial charge in [-0.05, 0) is 31.9 Å². The second-order valence-electron chi connectivity index (χ2n) is 5.82. The Morgan fingerprint density at radius 3 is 3.12 bits per heavy atom. The second-order valence-corrected chi connectivity index (χ2v) is 6.71. The fraction of sp³-hybridized carbons (Fsp3) is 0.400. The predicted molar refractivity (Wildman–Crippen MR) is 91.2 cm³/mol. The number of amides is 1. The number of nitrogens with zero attached hydrogens (tertiary/aromatic N) is 6. The topological polar surface area (TPSA) is 88.3 Å². The lowest BCUT2D eigenvalue weighted by Gasteiger charge is -2.32. The van der Waals surface area contributed by atoms with E-state index in [2.05, 4.69) is 30.5 Å². The van der Waals surface area contributed by atoms with E-state index in [0.29, 0.717) is 11.7 Å². The van der Waals surface area contributed by atoms with Crippen molar-refractivity contribution in [2.45, 2.75) is 19.8 Å². The van der Waals surface area contributed by atoms with Gasteiger partial charge in [0.2, 0.25) is 5.91 Å². The van der Waals surface area contributed by atoms with E-state index >= 15 is 0 Å². The van der Waals surface area contributed by atoms with Gasteiger partial charge in [-0.2, -0.15) is 4.52 Å². The first-order chi connectivity index (χ1) is 11.7. The minimum absolute atomic E-state index is 0.0243. The molecule has 8 nitrogen and oxygen atoms in total. The molecule has 1 amide bonds. The van der Waals surface area contributed by atoms with E-state index in [-0.39, 0.29) is 11.8 Å². The number of piperidine rings is 1. The molecule has 0 bridgehead atoms. The third-order valence-electron chi connectivity index (χ3n) is 4.18. The van der Waals surface area contributed by atoms with Crippen molar-refractivity contribution < 1.29 is 4.79 Å². The number of aryl methyl sites for hydroxylation is 1. The monoisotopic (exact) mass is 343 g/mol. The van der Waals surface area contributed by atoms with Crippen LogP contribution in [0.2, 0.25) is 0 Å². The highest BCUT2D eigenvalue weighted by atomic mass is 32.1. The molecule has 0 saturated carbocycles. The molecular weight excluding hydrogens is 326 g/mol. The first-order valence-corrected chi connectivity index (χ1v) is 8.73. The molecule has 1 saturated heterocycles. The normalized spacial score (nSPS) is 18.0. The first-order valence-electron chi connectivity index (χ1n) is 7.85. The van der Waals surface area contributed by atoms with Crippen LogP contribution in [-0.4, -0.2) is 43.8 Å². The van der Waals surface area contributed by atoms with E-state index in [0.717, 1.165) is 36.7 Å². The largest absolute Gasteiger partial charge is 0.354 e. The quantitative estimate of drug-likeness (QED) is 0.779. The van der Waals surface area contributed by atoms with Crippen LogP contribution in [0.1, 0.15) is 18.7 Å². The summed E-state index contributed by atoms with van der Waals surface area (Å²) >= 11 is 1.43. The second kappa shape index (κ2) is 6.16. The number of anilines is 2. The molecule has 0 aromatic carbocycles. The lowest BCUT2D eigenvalue weighted by atomic mass is 9.97. The van der Waals surface area contributed by atoms with Crippen LogP contribution in [0.3, 0.4) is 0 Å². The molecule has 0 radical (unpaired) electrons. The Hall–Kier alpha value is -2.55. The highest BCUT2D eigenvalue weighted by molar-refractivity contribution is 7.13. The third-order valence-corrected chi connectivity index (χ3v) is 4.87. The van der Waals surface area contributed by atoms with Gasteiger partial charge in [0, 0.05) is 24.7 Å². The zero-order valence-corrected chi connectivity index (χ0v) is 14.0. The molecule has 3 aromatic rings. The molecule has 4 heterocycles. The molecule has 0 unspecified atom stereocenters. The summed E-state index contributed by atoms with van der Waals surface area (Å²) in [5.41, 5.74) is 0.728. The highest BCUT2D eigenvalue weighted by Crippen LogP contribution is 2.23. The molecule has 24 heavy (non-hydrogen) atoms. The Morgan fingerprint density at radius 1 is 1.38 bits per heavy atom. The van der Waals surface area contributed by atoms with Crippen LogP contribution in [0.15, 0.2) is 23.7 Å². The van der Waals surface area contributed by atoms with Crippen molar-refractivity contribution in [2.75, 3.05) is 23.3 Å². The van der Waals surface area contributed by atoms with E-state index < -0.39 is 0 Å². The SMILES string of the molecule is Cc1nnc2ccc(N3CCC[C@H](C(=O)Nc4nccs4)C3)nn12. The average Bonchev–Trinajstić information content (AvgIpc) is 3.25. The van der Waals surface area contributed by atoms with E-state index in [9.17, 15) is 4.79 Å². The number of hydrogen-bond donors (Lipinski definition) is 1. The predicted octanol–water partition coefficient (Wildman–Crippen LogP) is 1.74. The Morgan fingerprint density at radius 2 is 2.29 bits per heavy atom. The van der Waals surface area contributed by atoms with Crippen LogP contribution >= 0.6 is 11.3 Å². The molecule has 4 rings (SSSR count). The maximum atomic E-state index is 12.5. The van der Waals surface area contributed by atoms with Crippen LogP contribution in [0.4, 0.5) is 10.9 Å². The number of carbonyl (C=O) groups excluding carboxylic acids is 1. The van der Waals surface area contributed by atoms with Crippen LogP contribution in [0.5, 0.6) is 0 Å². The first kappa shape index (κ1) is 15.0. The van der Waals surface area contributed by atoms with Crippen LogP contribution < -0.4 is 10.2 Å². The Kier molecular flexibility index (Phi) is 3.85. The van der Waals surface area contributed by atoms with E-state index in [1.807, 2.05) is 24.4 Å². The third kappa shape index (κ3) is 2.82. The fourth-order valence-corrected chi connectivity index (χ4v) is 3.48. The summed E-state index contributed by atoms with van der Waals surface area (Å²) in [7, 11) is 0. The van der Waals surface area contributed by atoms with E-state index in [1.54, 1.807) is 10.7 Å². The van der Waals surface area contributed by atoms with Gasteiger partial charge in [-0.3, -0.25) is 4.79 Å². The molecule has 1 fully saturated rings. The molecule has 1 N–H and O–H groups in total. The smallest absolute Gasteiger partial charge is 0.231 e. The molecule has 1 aliphatic heterocycles. The number of nitrogens with one attached hydrogen (secondary N) is 1. The van der Waals surface area contributed by atoms with Gasteiger partial charge in [-0.25, -0.2) is 4.98 Å².